The summed E-state index contributed by atoms with van der Waals surface area (Å²) in [5.41, 5.74) is 2.80. The summed E-state index contributed by atoms with van der Waals surface area (Å²) in [6.45, 7) is 6.54. The van der Waals surface area contributed by atoms with Gasteiger partial charge in [0.15, 0.2) is 11.4 Å². The molecule has 0 spiro atoms. The molecule has 4 aliphatic carbocycles. The van der Waals surface area contributed by atoms with E-state index in [2.05, 4.69) is 4.90 Å². The number of benzene rings is 1. The van der Waals surface area contributed by atoms with Crippen LogP contribution in [0, 0.1) is 17.8 Å². The number of fused-ring (bicyclic) bond motifs is 3. The van der Waals surface area contributed by atoms with Crippen LogP contribution in [0.2, 0.25) is 5.02 Å². The van der Waals surface area contributed by atoms with Crippen LogP contribution in [0.15, 0.2) is 23.0 Å². The highest BCUT2D eigenvalue weighted by molar-refractivity contribution is 6.32. The van der Waals surface area contributed by atoms with Crippen molar-refractivity contribution in [1.82, 2.24) is 4.90 Å². The molecule has 216 valence electrons. The van der Waals surface area contributed by atoms with Crippen molar-refractivity contribution in [3.05, 3.63) is 44.7 Å². The molecule has 0 radical (unpaired) electrons. The average Bonchev–Trinajstić information content (AvgIpc) is 3.68. The maximum atomic E-state index is 13.6. The summed E-state index contributed by atoms with van der Waals surface area (Å²) in [4.78, 5) is 40.2. The van der Waals surface area contributed by atoms with Crippen molar-refractivity contribution in [2.24, 2.45) is 23.5 Å². The van der Waals surface area contributed by atoms with Crippen LogP contribution in [0.5, 0.6) is 5.75 Å². The summed E-state index contributed by atoms with van der Waals surface area (Å²) >= 11 is 6.89. The zero-order chi connectivity index (χ0) is 29.1. The van der Waals surface area contributed by atoms with Gasteiger partial charge in [-0.25, -0.2) is 0 Å². The summed E-state index contributed by atoms with van der Waals surface area (Å²) < 4.78 is 5.74. The minimum absolute atomic E-state index is 0.00207. The first-order valence-electron chi connectivity index (χ1n) is 13.7. The Hall–Kier alpha value is -2.92. The van der Waals surface area contributed by atoms with E-state index >= 15 is 0 Å². The molecule has 0 aromatic heterocycles. The first-order chi connectivity index (χ1) is 18.8. The summed E-state index contributed by atoms with van der Waals surface area (Å²) in [6.07, 6.45) is 2.32. The number of rotatable bonds is 9. The summed E-state index contributed by atoms with van der Waals surface area (Å²) in [5, 5.41) is 44.7. The highest BCUT2D eigenvalue weighted by Gasteiger charge is 2.60. The lowest BCUT2D eigenvalue weighted by molar-refractivity contribution is -0.147. The normalized spacial score (nSPS) is 26.4. The van der Waals surface area contributed by atoms with E-state index < -0.39 is 52.0 Å². The van der Waals surface area contributed by atoms with Crippen LogP contribution in [0.25, 0.3) is 5.76 Å². The quantitative estimate of drug-likeness (QED) is 0.278. The summed E-state index contributed by atoms with van der Waals surface area (Å²) in [6, 6.07) is 1.48. The number of phenolic OH excluding ortho intramolecular Hbond substituents is 1. The predicted molar refractivity (Wildman–Crippen MR) is 145 cm³/mol. The number of ether oxygens (including phenoxy) is 1. The van der Waals surface area contributed by atoms with Crippen molar-refractivity contribution in [2.45, 2.75) is 64.2 Å². The number of aliphatic hydroxyl groups excluding tert-OH is 2. The molecule has 2 saturated carbocycles. The smallest absolute Gasteiger partial charge is 0.255 e. The second kappa shape index (κ2) is 10.5. The third-order valence-electron chi connectivity index (χ3n) is 8.54. The average molecular weight is 575 g/mol. The Kier molecular flexibility index (Phi) is 7.50. The molecule has 3 atom stereocenters. The minimum atomic E-state index is -2.59. The maximum Gasteiger partial charge on any atom is 0.255 e. The van der Waals surface area contributed by atoms with Gasteiger partial charge < -0.3 is 30.9 Å². The van der Waals surface area contributed by atoms with Crippen molar-refractivity contribution in [3.8, 4) is 5.75 Å². The first-order valence-corrected chi connectivity index (χ1v) is 14.1. The van der Waals surface area contributed by atoms with E-state index in [1.165, 1.54) is 18.9 Å². The van der Waals surface area contributed by atoms with Crippen molar-refractivity contribution >= 4 is 34.8 Å². The number of aliphatic hydroxyl groups is 3. The number of nitrogens with two attached hydrogens (primary N) is 1. The highest BCUT2D eigenvalue weighted by atomic mass is 35.5. The Balaban J connectivity index is 1.51. The Morgan fingerprint density at radius 2 is 1.93 bits per heavy atom. The number of carbonyl (C=O) groups excluding carboxylic acids is 3. The van der Waals surface area contributed by atoms with Gasteiger partial charge in [0, 0.05) is 42.6 Å². The molecule has 1 aromatic rings. The van der Waals surface area contributed by atoms with E-state index in [4.69, 9.17) is 22.1 Å². The minimum Gasteiger partial charge on any atom is -0.508 e. The van der Waals surface area contributed by atoms with Crippen molar-refractivity contribution in [2.75, 3.05) is 19.7 Å². The maximum absolute atomic E-state index is 13.6. The molecule has 2 fully saturated rings. The Morgan fingerprint density at radius 3 is 2.55 bits per heavy atom. The number of aromatic hydroxyl groups is 1. The fourth-order valence-corrected chi connectivity index (χ4v) is 6.68. The standard InChI is InChI=1S/C29H35ClN2O8/c1-13(2)40-6-5-32(11-14-3-4-14)12-16-9-19(33)22-18(24(16)30)8-15-7-17-10-20(34)23(28(31)38)27(37)29(17,39)26(36)21(15)25(22)35/h9,13-15,17,33,35,37,39H,3-8,10-12H2,1-2H3,(H2,31,38)/t15?,17-,29-/m0/s1. The lowest BCUT2D eigenvalue weighted by Crippen LogP contribution is -2.58. The Bertz CT molecular complexity index is 1350. The summed E-state index contributed by atoms with van der Waals surface area (Å²) in [7, 11) is 0. The van der Waals surface area contributed by atoms with Crippen LogP contribution in [-0.2, 0) is 32.1 Å². The number of hydrogen-bond donors (Lipinski definition) is 5. The molecule has 0 saturated heterocycles. The van der Waals surface area contributed by atoms with Crippen LogP contribution in [0.4, 0.5) is 0 Å². The molecule has 5 rings (SSSR count). The van der Waals surface area contributed by atoms with E-state index in [1.54, 1.807) is 0 Å². The Morgan fingerprint density at radius 1 is 1.23 bits per heavy atom. The lowest BCUT2D eigenvalue weighted by Gasteiger charge is -2.46. The van der Waals surface area contributed by atoms with Crippen LogP contribution < -0.4 is 5.73 Å². The van der Waals surface area contributed by atoms with Gasteiger partial charge in [-0.2, -0.15) is 0 Å². The molecule has 1 aromatic carbocycles. The molecule has 6 N–H and O–H groups in total. The number of amides is 1. The number of carbonyl (C=O) groups is 3. The highest BCUT2D eigenvalue weighted by Crippen LogP contribution is 2.53. The molecule has 40 heavy (non-hydrogen) atoms. The van der Waals surface area contributed by atoms with Crippen LogP contribution >= 0.6 is 11.6 Å². The number of hydrogen-bond acceptors (Lipinski definition) is 9. The van der Waals surface area contributed by atoms with E-state index in [-0.39, 0.29) is 42.3 Å². The SMILES string of the molecule is CC(C)OCCN(Cc1cc(O)c2c(c1Cl)CC1C[C@H]3CC(=O)C(C(N)=O)=C(O)[C@@]3(O)C(=O)C1=C2O)CC1CC1. The second-order valence-corrected chi connectivity index (χ2v) is 12.1. The number of ketones is 2. The van der Waals surface area contributed by atoms with Gasteiger partial charge in [0.1, 0.15) is 22.8 Å². The predicted octanol–water partition coefficient (Wildman–Crippen LogP) is 2.71. The molecule has 0 heterocycles. The van der Waals surface area contributed by atoms with Gasteiger partial charge >= 0.3 is 0 Å². The molecule has 4 aliphatic rings. The Labute approximate surface area is 237 Å². The van der Waals surface area contributed by atoms with E-state index in [1.807, 2.05) is 13.8 Å². The van der Waals surface area contributed by atoms with Gasteiger partial charge in [0.2, 0.25) is 5.78 Å². The molecule has 11 heteroatoms. The zero-order valence-corrected chi connectivity index (χ0v) is 23.3. The number of phenols is 1. The number of Topliss-reactive ketones (excluding diaryl/α,β-unsaturated/α-hetero) is 2. The second-order valence-electron chi connectivity index (χ2n) is 11.7. The van der Waals surface area contributed by atoms with E-state index in [0.717, 1.165) is 6.54 Å². The van der Waals surface area contributed by atoms with Gasteiger partial charge in [0.25, 0.3) is 5.91 Å². The van der Waals surface area contributed by atoms with Crippen molar-refractivity contribution < 1.29 is 39.5 Å². The molecule has 0 bridgehead atoms. The van der Waals surface area contributed by atoms with Crippen molar-refractivity contribution in [3.63, 3.8) is 0 Å². The topological polar surface area (TPSA) is 171 Å². The molecule has 0 aliphatic heterocycles. The van der Waals surface area contributed by atoms with Gasteiger partial charge in [0.05, 0.1) is 18.3 Å². The fourth-order valence-electron chi connectivity index (χ4n) is 6.40. The monoisotopic (exact) mass is 574 g/mol. The lowest BCUT2D eigenvalue weighted by atomic mass is 9.59. The third-order valence-corrected chi connectivity index (χ3v) is 9.01. The number of nitrogens with zero attached hydrogens (tertiary/aromatic N) is 1. The first kappa shape index (κ1) is 28.6. The largest absolute Gasteiger partial charge is 0.508 e. The molecular weight excluding hydrogens is 540 g/mol. The van der Waals surface area contributed by atoms with Crippen LogP contribution in [-0.4, -0.2) is 74.2 Å². The molecular formula is C29H35ClN2O8. The van der Waals surface area contributed by atoms with Gasteiger partial charge in [-0.15, -0.1) is 0 Å². The number of primary amides is 1. The summed E-state index contributed by atoms with van der Waals surface area (Å²) in [5.74, 6) is -5.97. The molecule has 1 amide bonds. The van der Waals surface area contributed by atoms with Crippen LogP contribution in [0.3, 0.4) is 0 Å². The molecule has 10 nitrogen and oxygen atoms in total. The number of halogens is 1. The van der Waals surface area contributed by atoms with Crippen LogP contribution in [0.1, 0.15) is 56.2 Å². The van der Waals surface area contributed by atoms with Gasteiger partial charge in [-0.1, -0.05) is 11.6 Å². The van der Waals surface area contributed by atoms with Crippen molar-refractivity contribution in [1.29, 1.82) is 0 Å². The van der Waals surface area contributed by atoms with E-state index in [0.29, 0.717) is 41.8 Å². The van der Waals surface area contributed by atoms with Gasteiger partial charge in [-0.3, -0.25) is 19.3 Å². The van der Waals surface area contributed by atoms with E-state index in [9.17, 15) is 34.8 Å². The van der Waals surface area contributed by atoms with Gasteiger partial charge in [-0.05, 0) is 68.6 Å². The third kappa shape index (κ3) is 4.81. The molecule has 1 unspecified atom stereocenters. The zero-order valence-electron chi connectivity index (χ0n) is 22.6. The fraction of sp³-hybridized carbons (Fsp3) is 0.552.